The van der Waals surface area contributed by atoms with Gasteiger partial charge in [-0.15, -0.1) is 0 Å². The van der Waals surface area contributed by atoms with Crippen LogP contribution in [0, 0.1) is 0 Å². The number of alkyl halides is 3. The van der Waals surface area contributed by atoms with Gasteiger partial charge in [-0.25, -0.2) is 4.79 Å². The zero-order chi connectivity index (χ0) is 17.7. The third-order valence-corrected chi connectivity index (χ3v) is 2.94. The van der Waals surface area contributed by atoms with Crippen molar-refractivity contribution in [1.82, 2.24) is 0 Å². The highest BCUT2D eigenvalue weighted by Crippen LogP contribution is 2.34. The van der Waals surface area contributed by atoms with Gasteiger partial charge in [-0.2, -0.15) is 13.2 Å². The Kier molecular flexibility index (Phi) is 5.08. The van der Waals surface area contributed by atoms with Crippen LogP contribution in [0.4, 0.5) is 35.0 Å². The standard InChI is InChI=1S/C16H14F3N3O2/c1-10(23)20-11-6-8-12(9-7-11)21-15(24)22-14-5-3-2-4-13(14)16(17,18)19/h2-9H,1H3,(H,20,23)(H2,21,22,24). The first-order valence-electron chi connectivity index (χ1n) is 6.87. The number of hydrogen-bond donors (Lipinski definition) is 3. The maximum absolute atomic E-state index is 12.9. The summed E-state index contributed by atoms with van der Waals surface area (Å²) >= 11 is 0. The lowest BCUT2D eigenvalue weighted by atomic mass is 10.1. The van der Waals surface area contributed by atoms with Gasteiger partial charge in [0.2, 0.25) is 5.91 Å². The molecule has 126 valence electrons. The highest BCUT2D eigenvalue weighted by Gasteiger charge is 2.33. The number of para-hydroxylation sites is 1. The summed E-state index contributed by atoms with van der Waals surface area (Å²) in [4.78, 5) is 22.8. The summed E-state index contributed by atoms with van der Waals surface area (Å²) in [7, 11) is 0. The van der Waals surface area contributed by atoms with Crippen LogP contribution in [0.25, 0.3) is 0 Å². The monoisotopic (exact) mass is 337 g/mol. The van der Waals surface area contributed by atoms with E-state index in [1.54, 1.807) is 12.1 Å². The predicted octanol–water partition coefficient (Wildman–Crippen LogP) is 4.31. The summed E-state index contributed by atoms with van der Waals surface area (Å²) < 4.78 is 38.6. The second-order valence-electron chi connectivity index (χ2n) is 4.88. The second kappa shape index (κ2) is 7.03. The van der Waals surface area contributed by atoms with Crippen LogP contribution in [-0.4, -0.2) is 11.9 Å². The topological polar surface area (TPSA) is 70.2 Å². The zero-order valence-corrected chi connectivity index (χ0v) is 12.6. The molecule has 8 heteroatoms. The fourth-order valence-corrected chi connectivity index (χ4v) is 1.96. The maximum atomic E-state index is 12.9. The third kappa shape index (κ3) is 4.73. The molecule has 0 aromatic heterocycles. The van der Waals surface area contributed by atoms with E-state index in [1.165, 1.54) is 37.3 Å². The Morgan fingerprint density at radius 1 is 0.833 bits per heavy atom. The van der Waals surface area contributed by atoms with Crippen molar-refractivity contribution < 1.29 is 22.8 Å². The lowest BCUT2D eigenvalue weighted by molar-refractivity contribution is -0.136. The van der Waals surface area contributed by atoms with Gasteiger partial charge in [0, 0.05) is 18.3 Å². The summed E-state index contributed by atoms with van der Waals surface area (Å²) in [6, 6.07) is 10.0. The molecule has 5 nitrogen and oxygen atoms in total. The van der Waals surface area contributed by atoms with E-state index < -0.39 is 17.8 Å². The average Bonchev–Trinajstić information content (AvgIpc) is 2.48. The van der Waals surface area contributed by atoms with E-state index >= 15 is 0 Å². The lowest BCUT2D eigenvalue weighted by Crippen LogP contribution is -2.21. The molecule has 0 aliphatic heterocycles. The molecule has 0 bridgehead atoms. The first-order valence-corrected chi connectivity index (χ1v) is 6.87. The van der Waals surface area contributed by atoms with Crippen molar-refractivity contribution >= 4 is 29.0 Å². The van der Waals surface area contributed by atoms with Gasteiger partial charge in [-0.3, -0.25) is 4.79 Å². The molecule has 0 saturated carbocycles. The molecule has 2 aromatic carbocycles. The first kappa shape index (κ1) is 17.3. The number of carbonyl (C=O) groups is 2. The number of halogens is 3. The number of carbonyl (C=O) groups excluding carboxylic acids is 2. The summed E-state index contributed by atoms with van der Waals surface area (Å²) in [5, 5.41) is 7.15. The smallest absolute Gasteiger partial charge is 0.326 e. The van der Waals surface area contributed by atoms with Gasteiger partial charge < -0.3 is 16.0 Å². The van der Waals surface area contributed by atoms with E-state index in [2.05, 4.69) is 16.0 Å². The number of benzene rings is 2. The minimum absolute atomic E-state index is 0.239. The summed E-state index contributed by atoms with van der Waals surface area (Å²) in [5.74, 6) is -0.239. The van der Waals surface area contributed by atoms with Crippen LogP contribution >= 0.6 is 0 Å². The highest BCUT2D eigenvalue weighted by atomic mass is 19.4. The van der Waals surface area contributed by atoms with Crippen molar-refractivity contribution in [2.24, 2.45) is 0 Å². The Labute approximate surface area is 135 Å². The Balaban J connectivity index is 2.05. The van der Waals surface area contributed by atoms with Gasteiger partial charge >= 0.3 is 12.2 Å². The van der Waals surface area contributed by atoms with E-state index in [1.807, 2.05) is 0 Å². The molecule has 0 radical (unpaired) electrons. The van der Waals surface area contributed by atoms with Crippen molar-refractivity contribution in [1.29, 1.82) is 0 Å². The Morgan fingerprint density at radius 2 is 1.38 bits per heavy atom. The Bertz CT molecular complexity index is 743. The second-order valence-corrected chi connectivity index (χ2v) is 4.88. The molecule has 0 unspecified atom stereocenters. The minimum atomic E-state index is -4.57. The molecular formula is C16H14F3N3O2. The number of anilines is 3. The average molecular weight is 337 g/mol. The molecule has 2 rings (SSSR count). The van der Waals surface area contributed by atoms with Crippen LogP contribution in [0.5, 0.6) is 0 Å². The number of nitrogens with one attached hydrogen (secondary N) is 3. The van der Waals surface area contributed by atoms with Gasteiger partial charge in [-0.05, 0) is 36.4 Å². The minimum Gasteiger partial charge on any atom is -0.326 e. The van der Waals surface area contributed by atoms with E-state index in [4.69, 9.17) is 0 Å². The van der Waals surface area contributed by atoms with Gasteiger partial charge in [0.25, 0.3) is 0 Å². The fraction of sp³-hybridized carbons (Fsp3) is 0.125. The lowest BCUT2D eigenvalue weighted by Gasteiger charge is -2.14. The molecule has 0 fully saturated rings. The number of rotatable bonds is 3. The molecule has 0 saturated heterocycles. The predicted molar refractivity (Wildman–Crippen MR) is 84.8 cm³/mol. The quantitative estimate of drug-likeness (QED) is 0.781. The van der Waals surface area contributed by atoms with Gasteiger partial charge in [0.1, 0.15) is 0 Å². The van der Waals surface area contributed by atoms with Crippen LogP contribution in [0.2, 0.25) is 0 Å². The normalized spacial score (nSPS) is 10.8. The van der Waals surface area contributed by atoms with Crippen LogP contribution in [0.1, 0.15) is 12.5 Å². The highest BCUT2D eigenvalue weighted by molar-refractivity contribution is 6.00. The zero-order valence-electron chi connectivity index (χ0n) is 12.6. The summed E-state index contributed by atoms with van der Waals surface area (Å²) in [6.07, 6.45) is -4.57. The van der Waals surface area contributed by atoms with Crippen LogP contribution < -0.4 is 16.0 Å². The summed E-state index contributed by atoms with van der Waals surface area (Å²) in [5.41, 5.74) is -0.361. The summed E-state index contributed by atoms with van der Waals surface area (Å²) in [6.45, 7) is 1.36. The van der Waals surface area contributed by atoms with Gasteiger partial charge in [0.15, 0.2) is 0 Å². The van der Waals surface area contributed by atoms with Crippen molar-refractivity contribution in [2.75, 3.05) is 16.0 Å². The van der Waals surface area contributed by atoms with Gasteiger partial charge in [-0.1, -0.05) is 12.1 Å². The largest absolute Gasteiger partial charge is 0.418 e. The molecule has 0 atom stereocenters. The molecular weight excluding hydrogens is 323 g/mol. The molecule has 2 aromatic rings. The van der Waals surface area contributed by atoms with Crippen molar-refractivity contribution in [3.05, 3.63) is 54.1 Å². The number of hydrogen-bond acceptors (Lipinski definition) is 2. The SMILES string of the molecule is CC(=O)Nc1ccc(NC(=O)Nc2ccccc2C(F)(F)F)cc1. The molecule has 3 N–H and O–H groups in total. The molecule has 0 spiro atoms. The van der Waals surface area contributed by atoms with Gasteiger partial charge in [0.05, 0.1) is 11.3 Å². The van der Waals surface area contributed by atoms with Crippen molar-refractivity contribution in [3.63, 3.8) is 0 Å². The fourth-order valence-electron chi connectivity index (χ4n) is 1.96. The van der Waals surface area contributed by atoms with Crippen LogP contribution in [0.15, 0.2) is 48.5 Å². The third-order valence-electron chi connectivity index (χ3n) is 2.94. The Morgan fingerprint density at radius 3 is 1.92 bits per heavy atom. The molecule has 0 heterocycles. The van der Waals surface area contributed by atoms with E-state index in [9.17, 15) is 22.8 Å². The first-order chi connectivity index (χ1) is 11.3. The maximum Gasteiger partial charge on any atom is 0.418 e. The van der Waals surface area contributed by atoms with E-state index in [0.29, 0.717) is 11.4 Å². The molecule has 3 amide bonds. The number of amides is 3. The van der Waals surface area contributed by atoms with E-state index in [-0.39, 0.29) is 11.6 Å². The van der Waals surface area contributed by atoms with Crippen molar-refractivity contribution in [3.8, 4) is 0 Å². The van der Waals surface area contributed by atoms with Crippen molar-refractivity contribution in [2.45, 2.75) is 13.1 Å². The molecule has 0 aliphatic rings. The van der Waals surface area contributed by atoms with E-state index in [0.717, 1.165) is 6.07 Å². The Hall–Kier alpha value is -3.03. The van der Waals surface area contributed by atoms with Crippen LogP contribution in [-0.2, 0) is 11.0 Å². The van der Waals surface area contributed by atoms with Crippen LogP contribution in [0.3, 0.4) is 0 Å². The molecule has 24 heavy (non-hydrogen) atoms. The molecule has 0 aliphatic carbocycles. The number of urea groups is 1.